The van der Waals surface area contributed by atoms with Crippen molar-refractivity contribution in [2.24, 2.45) is 0 Å². The maximum atomic E-state index is 11.6. The Labute approximate surface area is 126 Å². The van der Waals surface area contributed by atoms with E-state index in [4.69, 9.17) is 9.47 Å². The molecule has 1 rings (SSSR count). The van der Waals surface area contributed by atoms with E-state index in [9.17, 15) is 9.90 Å². The highest BCUT2D eigenvalue weighted by molar-refractivity contribution is 5.68. The molecule has 2 N–H and O–H groups in total. The molecule has 0 aliphatic carbocycles. The van der Waals surface area contributed by atoms with Crippen molar-refractivity contribution < 1.29 is 19.4 Å². The monoisotopic (exact) mass is 295 g/mol. The van der Waals surface area contributed by atoms with Gasteiger partial charge in [-0.15, -0.1) is 0 Å². The van der Waals surface area contributed by atoms with Gasteiger partial charge >= 0.3 is 6.09 Å². The van der Waals surface area contributed by atoms with E-state index >= 15 is 0 Å². The predicted molar refractivity (Wildman–Crippen MR) is 81.0 cm³/mol. The quantitative estimate of drug-likeness (QED) is 0.758. The number of hydrogen-bond donors (Lipinski definition) is 2. The van der Waals surface area contributed by atoms with Gasteiger partial charge in [0.1, 0.15) is 5.60 Å². The van der Waals surface area contributed by atoms with E-state index in [-0.39, 0.29) is 12.6 Å². The van der Waals surface area contributed by atoms with Gasteiger partial charge in [0.15, 0.2) is 0 Å². The van der Waals surface area contributed by atoms with Crippen molar-refractivity contribution in [2.75, 3.05) is 13.2 Å². The van der Waals surface area contributed by atoms with E-state index in [2.05, 4.69) is 5.32 Å². The first-order chi connectivity index (χ1) is 9.90. The van der Waals surface area contributed by atoms with Crippen molar-refractivity contribution in [2.45, 2.75) is 45.4 Å². The molecule has 0 bridgehead atoms. The zero-order valence-electron chi connectivity index (χ0n) is 13.0. The second-order valence-corrected chi connectivity index (χ2v) is 5.85. The molecule has 1 unspecified atom stereocenters. The molecule has 118 valence electrons. The molecule has 0 heterocycles. The van der Waals surface area contributed by atoms with Crippen molar-refractivity contribution in [1.29, 1.82) is 0 Å². The summed E-state index contributed by atoms with van der Waals surface area (Å²) in [5.41, 5.74) is 0.548. The largest absolute Gasteiger partial charge is 0.444 e. The van der Waals surface area contributed by atoms with E-state index in [1.807, 2.05) is 30.3 Å². The fourth-order valence-electron chi connectivity index (χ4n) is 1.67. The number of alkyl carbamates (subject to hydrolysis) is 1. The first-order valence-electron chi connectivity index (χ1n) is 7.13. The van der Waals surface area contributed by atoms with Crippen LogP contribution < -0.4 is 5.32 Å². The van der Waals surface area contributed by atoms with E-state index in [1.54, 1.807) is 20.8 Å². The number of rotatable bonds is 7. The number of aliphatic hydroxyl groups is 1. The highest BCUT2D eigenvalue weighted by Crippen LogP contribution is 2.07. The van der Waals surface area contributed by atoms with Gasteiger partial charge in [0.25, 0.3) is 0 Å². The third-order valence-electron chi connectivity index (χ3n) is 2.66. The molecule has 0 aliphatic rings. The van der Waals surface area contributed by atoms with Gasteiger partial charge in [0, 0.05) is 6.61 Å². The number of ether oxygens (including phenoxy) is 2. The maximum Gasteiger partial charge on any atom is 0.407 e. The number of hydrogen-bond acceptors (Lipinski definition) is 4. The summed E-state index contributed by atoms with van der Waals surface area (Å²) >= 11 is 0. The van der Waals surface area contributed by atoms with Crippen LogP contribution in [0.1, 0.15) is 32.8 Å². The second-order valence-electron chi connectivity index (χ2n) is 5.85. The predicted octanol–water partition coefficient (Wildman–Crippen LogP) is 2.48. The van der Waals surface area contributed by atoms with Gasteiger partial charge in [-0.05, 0) is 32.8 Å². The zero-order chi connectivity index (χ0) is 15.7. The highest BCUT2D eigenvalue weighted by Gasteiger charge is 2.18. The van der Waals surface area contributed by atoms with E-state index < -0.39 is 11.7 Å². The summed E-state index contributed by atoms with van der Waals surface area (Å²) in [5, 5.41) is 11.9. The molecule has 1 amide bonds. The smallest absolute Gasteiger partial charge is 0.407 e. The lowest BCUT2D eigenvalue weighted by atomic mass is 10.2. The molecule has 1 aromatic rings. The number of carbonyl (C=O) groups excluding carboxylic acids is 1. The topological polar surface area (TPSA) is 67.8 Å². The molecular weight excluding hydrogens is 270 g/mol. The van der Waals surface area contributed by atoms with Crippen LogP contribution in [0.2, 0.25) is 0 Å². The molecule has 0 saturated carbocycles. The first kappa shape index (κ1) is 17.5. The van der Waals surface area contributed by atoms with Crippen molar-refractivity contribution in [3.8, 4) is 0 Å². The average molecular weight is 295 g/mol. The Morgan fingerprint density at radius 2 is 1.95 bits per heavy atom. The standard InChI is InChI=1S/C16H25NO4/c1-16(2,3)21-15(19)17-14(11-18)9-10-20-12-13-7-5-4-6-8-13/h4-8,14,18H,9-12H2,1-3H3,(H,17,19). The van der Waals surface area contributed by atoms with Gasteiger partial charge in [-0.3, -0.25) is 0 Å². The Morgan fingerprint density at radius 3 is 2.52 bits per heavy atom. The molecule has 1 aromatic carbocycles. The summed E-state index contributed by atoms with van der Waals surface area (Å²) in [6.07, 6.45) is 0.00682. The van der Waals surface area contributed by atoms with E-state index in [1.165, 1.54) is 0 Å². The van der Waals surface area contributed by atoms with Crippen molar-refractivity contribution in [1.82, 2.24) is 5.32 Å². The molecule has 0 aromatic heterocycles. The van der Waals surface area contributed by atoms with Gasteiger partial charge < -0.3 is 19.9 Å². The third kappa shape index (κ3) is 8.32. The maximum absolute atomic E-state index is 11.6. The molecule has 0 saturated heterocycles. The zero-order valence-corrected chi connectivity index (χ0v) is 13.0. The summed E-state index contributed by atoms with van der Waals surface area (Å²) in [4.78, 5) is 11.6. The molecule has 5 heteroatoms. The Bertz CT molecular complexity index is 414. The van der Waals surface area contributed by atoms with Crippen molar-refractivity contribution >= 4 is 6.09 Å². The number of amides is 1. The van der Waals surface area contributed by atoms with E-state index in [0.29, 0.717) is 19.6 Å². The number of carbonyl (C=O) groups is 1. The highest BCUT2D eigenvalue weighted by atomic mass is 16.6. The van der Waals surface area contributed by atoms with Gasteiger partial charge in [0.05, 0.1) is 19.3 Å². The SMILES string of the molecule is CC(C)(C)OC(=O)NC(CO)CCOCc1ccccc1. The third-order valence-corrected chi connectivity index (χ3v) is 2.66. The molecule has 5 nitrogen and oxygen atoms in total. The molecule has 21 heavy (non-hydrogen) atoms. The molecule has 0 spiro atoms. The summed E-state index contributed by atoms with van der Waals surface area (Å²) in [6.45, 7) is 6.21. The van der Waals surface area contributed by atoms with Crippen LogP contribution in [0.15, 0.2) is 30.3 Å². The molecule has 0 aliphatic heterocycles. The lowest BCUT2D eigenvalue weighted by molar-refractivity contribution is 0.0451. The van der Waals surface area contributed by atoms with Crippen LogP contribution >= 0.6 is 0 Å². The normalized spacial score (nSPS) is 12.8. The second kappa shape index (κ2) is 8.64. The Hall–Kier alpha value is -1.59. The average Bonchev–Trinajstić information content (AvgIpc) is 2.41. The molecule has 0 fully saturated rings. The van der Waals surface area contributed by atoms with Crippen LogP contribution in [0, 0.1) is 0 Å². The van der Waals surface area contributed by atoms with Crippen LogP contribution in [0.25, 0.3) is 0 Å². The minimum absolute atomic E-state index is 0.145. The minimum atomic E-state index is -0.548. The Kier molecular flexibility index (Phi) is 7.19. The number of nitrogens with one attached hydrogen (secondary N) is 1. The summed E-state index contributed by atoms with van der Waals surface area (Å²) in [5.74, 6) is 0. The molecule has 0 radical (unpaired) electrons. The van der Waals surface area contributed by atoms with Crippen molar-refractivity contribution in [3.63, 3.8) is 0 Å². The Morgan fingerprint density at radius 1 is 1.29 bits per heavy atom. The number of benzene rings is 1. The Balaban J connectivity index is 2.23. The lowest BCUT2D eigenvalue weighted by Gasteiger charge is -2.22. The lowest BCUT2D eigenvalue weighted by Crippen LogP contribution is -2.41. The summed E-state index contributed by atoms with van der Waals surface area (Å²) in [7, 11) is 0. The van der Waals surface area contributed by atoms with Crippen LogP contribution in [-0.2, 0) is 16.1 Å². The van der Waals surface area contributed by atoms with Gasteiger partial charge in [-0.2, -0.15) is 0 Å². The minimum Gasteiger partial charge on any atom is -0.444 e. The number of aliphatic hydroxyl groups excluding tert-OH is 1. The van der Waals surface area contributed by atoms with Crippen LogP contribution in [0.4, 0.5) is 4.79 Å². The first-order valence-corrected chi connectivity index (χ1v) is 7.13. The van der Waals surface area contributed by atoms with Crippen molar-refractivity contribution in [3.05, 3.63) is 35.9 Å². The van der Waals surface area contributed by atoms with Gasteiger partial charge in [-0.1, -0.05) is 30.3 Å². The summed E-state index contributed by atoms with van der Waals surface area (Å²) < 4.78 is 10.7. The molecular formula is C16H25NO4. The van der Waals surface area contributed by atoms with Crippen LogP contribution in [0.5, 0.6) is 0 Å². The fourth-order valence-corrected chi connectivity index (χ4v) is 1.67. The van der Waals surface area contributed by atoms with Gasteiger partial charge in [-0.25, -0.2) is 4.79 Å². The van der Waals surface area contributed by atoms with Gasteiger partial charge in [0.2, 0.25) is 0 Å². The van der Waals surface area contributed by atoms with Crippen LogP contribution in [0.3, 0.4) is 0 Å². The van der Waals surface area contributed by atoms with Crippen LogP contribution in [-0.4, -0.2) is 36.1 Å². The molecule has 1 atom stereocenters. The van der Waals surface area contributed by atoms with E-state index in [0.717, 1.165) is 5.56 Å². The summed E-state index contributed by atoms with van der Waals surface area (Å²) in [6, 6.07) is 9.48. The fraction of sp³-hybridized carbons (Fsp3) is 0.562.